The van der Waals surface area contributed by atoms with Crippen molar-refractivity contribution in [3.63, 3.8) is 0 Å². The smallest absolute Gasteiger partial charge is 0.389 e. The fourth-order valence-electron chi connectivity index (χ4n) is 0.519. The summed E-state index contributed by atoms with van der Waals surface area (Å²) in [5, 5.41) is 9.48. The molecule has 0 rings (SSSR count). The lowest BCUT2D eigenvalue weighted by molar-refractivity contribution is -0.0489. The van der Waals surface area contributed by atoms with Crippen molar-refractivity contribution in [1.29, 1.82) is 0 Å². The summed E-state index contributed by atoms with van der Waals surface area (Å²) < 4.78 is 59.0. The standard InChI is InChI=1S/C7H14F3NO3S/c1-5(2,6(3,4)12)11-15(13,14)7(8,9)10/h11-12H,1-4H3. The third-order valence-corrected chi connectivity index (χ3v) is 3.61. The molecule has 0 fully saturated rings. The first kappa shape index (κ1) is 14.7. The van der Waals surface area contributed by atoms with Crippen molar-refractivity contribution in [3.05, 3.63) is 0 Å². The first-order valence-electron chi connectivity index (χ1n) is 4.03. The molecular weight excluding hydrogens is 235 g/mol. The van der Waals surface area contributed by atoms with Gasteiger partial charge in [-0.2, -0.15) is 17.9 Å². The second-order valence-electron chi connectivity index (χ2n) is 4.24. The predicted octanol–water partition coefficient (Wildman–Crippen LogP) is 0.975. The van der Waals surface area contributed by atoms with E-state index in [0.29, 0.717) is 0 Å². The van der Waals surface area contributed by atoms with Crippen LogP contribution >= 0.6 is 0 Å². The van der Waals surface area contributed by atoms with Gasteiger partial charge in [0, 0.05) is 0 Å². The van der Waals surface area contributed by atoms with E-state index < -0.39 is 26.7 Å². The van der Waals surface area contributed by atoms with Crippen molar-refractivity contribution < 1.29 is 26.7 Å². The van der Waals surface area contributed by atoms with Crippen molar-refractivity contribution in [2.45, 2.75) is 44.3 Å². The Hall–Kier alpha value is -0.340. The molecular formula is C7H14F3NO3S. The highest BCUT2D eigenvalue weighted by Gasteiger charge is 2.50. The molecule has 0 aliphatic carbocycles. The van der Waals surface area contributed by atoms with Gasteiger partial charge in [0.15, 0.2) is 0 Å². The second-order valence-corrected chi connectivity index (χ2v) is 5.91. The van der Waals surface area contributed by atoms with E-state index >= 15 is 0 Å². The molecule has 0 aliphatic rings. The molecule has 0 heterocycles. The van der Waals surface area contributed by atoms with E-state index in [-0.39, 0.29) is 0 Å². The van der Waals surface area contributed by atoms with Crippen LogP contribution in [0.25, 0.3) is 0 Å². The molecule has 15 heavy (non-hydrogen) atoms. The van der Waals surface area contributed by atoms with Gasteiger partial charge in [-0.15, -0.1) is 0 Å². The number of rotatable bonds is 3. The van der Waals surface area contributed by atoms with E-state index in [1.807, 2.05) is 0 Å². The molecule has 0 spiro atoms. The quantitative estimate of drug-likeness (QED) is 0.783. The summed E-state index contributed by atoms with van der Waals surface area (Å²) in [4.78, 5) is 0. The van der Waals surface area contributed by atoms with Gasteiger partial charge in [-0.05, 0) is 27.7 Å². The maximum atomic E-state index is 12.0. The fourth-order valence-corrected chi connectivity index (χ4v) is 1.56. The van der Waals surface area contributed by atoms with Crippen LogP contribution < -0.4 is 4.72 Å². The van der Waals surface area contributed by atoms with Gasteiger partial charge >= 0.3 is 15.5 Å². The minimum absolute atomic E-state index is 1.16. The van der Waals surface area contributed by atoms with E-state index in [1.165, 1.54) is 18.6 Å². The van der Waals surface area contributed by atoms with Gasteiger partial charge in [0.05, 0.1) is 11.1 Å². The molecule has 0 aliphatic heterocycles. The fraction of sp³-hybridized carbons (Fsp3) is 1.00. The number of hydrogen-bond donors (Lipinski definition) is 2. The highest BCUT2D eigenvalue weighted by Crippen LogP contribution is 2.27. The summed E-state index contributed by atoms with van der Waals surface area (Å²) in [6, 6.07) is 0. The Balaban J connectivity index is 5.08. The predicted molar refractivity (Wildman–Crippen MR) is 48.5 cm³/mol. The van der Waals surface area contributed by atoms with Crippen LogP contribution in [0.5, 0.6) is 0 Å². The topological polar surface area (TPSA) is 66.4 Å². The van der Waals surface area contributed by atoms with E-state index in [2.05, 4.69) is 0 Å². The highest BCUT2D eigenvalue weighted by atomic mass is 32.2. The van der Waals surface area contributed by atoms with Crippen LogP contribution in [0.1, 0.15) is 27.7 Å². The molecule has 2 N–H and O–H groups in total. The van der Waals surface area contributed by atoms with Gasteiger partial charge in [0.1, 0.15) is 0 Å². The monoisotopic (exact) mass is 249 g/mol. The normalized spacial score (nSPS) is 15.5. The number of halogens is 3. The average molecular weight is 249 g/mol. The third-order valence-electron chi connectivity index (χ3n) is 2.22. The molecule has 0 aromatic rings. The first-order chi connectivity index (χ1) is 6.21. The lowest BCUT2D eigenvalue weighted by atomic mass is 9.87. The van der Waals surface area contributed by atoms with Gasteiger partial charge in [0.2, 0.25) is 0 Å². The molecule has 4 nitrogen and oxygen atoms in total. The largest absolute Gasteiger partial charge is 0.511 e. The van der Waals surface area contributed by atoms with E-state index in [1.54, 1.807) is 0 Å². The van der Waals surface area contributed by atoms with E-state index in [4.69, 9.17) is 0 Å². The molecule has 0 saturated heterocycles. The second kappa shape index (κ2) is 3.60. The summed E-state index contributed by atoms with van der Waals surface area (Å²) in [7, 11) is -5.45. The summed E-state index contributed by atoms with van der Waals surface area (Å²) in [5.74, 6) is 0. The van der Waals surface area contributed by atoms with Gasteiger partial charge in [-0.3, -0.25) is 0 Å². The zero-order valence-corrected chi connectivity index (χ0v) is 9.62. The molecule has 0 amide bonds. The maximum absolute atomic E-state index is 12.0. The van der Waals surface area contributed by atoms with Gasteiger partial charge < -0.3 is 5.11 Å². The Kier molecular flexibility index (Phi) is 3.52. The SMILES string of the molecule is CC(C)(O)C(C)(C)NS(=O)(=O)C(F)(F)F. The van der Waals surface area contributed by atoms with Crippen LogP contribution in [0, 0.1) is 0 Å². The lowest BCUT2D eigenvalue weighted by Gasteiger charge is -2.37. The summed E-state index contributed by atoms with van der Waals surface area (Å²) >= 11 is 0. The molecule has 0 aromatic heterocycles. The van der Waals surface area contributed by atoms with Gasteiger partial charge in [0.25, 0.3) is 0 Å². The number of aliphatic hydroxyl groups is 1. The minimum Gasteiger partial charge on any atom is -0.389 e. The van der Waals surface area contributed by atoms with Crippen LogP contribution in [0.4, 0.5) is 13.2 Å². The zero-order chi connectivity index (χ0) is 12.7. The average Bonchev–Trinajstić information content (AvgIpc) is 1.77. The van der Waals surface area contributed by atoms with Gasteiger partial charge in [-0.1, -0.05) is 0 Å². The number of hydrogen-bond acceptors (Lipinski definition) is 3. The number of sulfonamides is 1. The Labute approximate surface area is 86.5 Å². The maximum Gasteiger partial charge on any atom is 0.511 e. The molecule has 0 saturated carbocycles. The van der Waals surface area contributed by atoms with Crippen molar-refractivity contribution in [2.75, 3.05) is 0 Å². The van der Waals surface area contributed by atoms with Crippen LogP contribution in [-0.2, 0) is 10.0 Å². The Morgan fingerprint density at radius 1 is 1.07 bits per heavy atom. The van der Waals surface area contributed by atoms with E-state index in [0.717, 1.165) is 13.8 Å². The van der Waals surface area contributed by atoms with Crippen molar-refractivity contribution >= 4 is 10.0 Å². The van der Waals surface area contributed by atoms with Crippen LogP contribution in [0.15, 0.2) is 0 Å². The minimum atomic E-state index is -5.45. The van der Waals surface area contributed by atoms with Crippen LogP contribution in [0.2, 0.25) is 0 Å². The Morgan fingerprint density at radius 2 is 1.40 bits per heavy atom. The molecule has 8 heteroatoms. The first-order valence-corrected chi connectivity index (χ1v) is 5.52. The Morgan fingerprint density at radius 3 is 1.60 bits per heavy atom. The molecule has 0 bridgehead atoms. The third kappa shape index (κ3) is 3.32. The number of nitrogens with one attached hydrogen (secondary N) is 1. The van der Waals surface area contributed by atoms with Crippen molar-refractivity contribution in [1.82, 2.24) is 4.72 Å². The summed E-state index contributed by atoms with van der Waals surface area (Å²) in [6.07, 6.45) is 0. The zero-order valence-electron chi connectivity index (χ0n) is 8.81. The highest BCUT2D eigenvalue weighted by molar-refractivity contribution is 7.90. The molecule has 0 radical (unpaired) electrons. The Bertz CT molecular complexity index is 326. The van der Waals surface area contributed by atoms with E-state index in [9.17, 15) is 26.7 Å². The molecule has 0 unspecified atom stereocenters. The van der Waals surface area contributed by atoms with Crippen molar-refractivity contribution in [3.8, 4) is 0 Å². The van der Waals surface area contributed by atoms with Crippen LogP contribution in [0.3, 0.4) is 0 Å². The molecule has 0 atom stereocenters. The van der Waals surface area contributed by atoms with Gasteiger partial charge in [-0.25, -0.2) is 8.42 Å². The lowest BCUT2D eigenvalue weighted by Crippen LogP contribution is -2.59. The van der Waals surface area contributed by atoms with Crippen LogP contribution in [-0.4, -0.2) is 30.2 Å². The summed E-state index contributed by atoms with van der Waals surface area (Å²) in [5.41, 5.74) is -8.62. The van der Waals surface area contributed by atoms with Crippen molar-refractivity contribution in [2.24, 2.45) is 0 Å². The summed E-state index contributed by atoms with van der Waals surface area (Å²) in [6.45, 7) is 4.75. The number of alkyl halides is 3. The molecule has 0 aromatic carbocycles. The molecule has 92 valence electrons.